The van der Waals surface area contributed by atoms with Crippen molar-refractivity contribution >= 4 is 38.7 Å². The van der Waals surface area contributed by atoms with Gasteiger partial charge in [-0.15, -0.1) is 22.7 Å². The van der Waals surface area contributed by atoms with Crippen molar-refractivity contribution in [2.24, 2.45) is 0 Å². The van der Waals surface area contributed by atoms with Crippen LogP contribution in [0.1, 0.15) is 24.4 Å². The van der Waals surface area contributed by atoms with Crippen LogP contribution in [0.5, 0.6) is 5.75 Å². The van der Waals surface area contributed by atoms with E-state index < -0.39 is 0 Å². The quantitative estimate of drug-likeness (QED) is 0.370. The number of fused-ring (bicyclic) bond motifs is 1. The zero-order valence-corrected chi connectivity index (χ0v) is 20.1. The Bertz CT molecular complexity index is 1240. The van der Waals surface area contributed by atoms with Crippen LogP contribution in [-0.4, -0.2) is 48.3 Å². The average Bonchev–Trinajstić information content (AvgIpc) is 3.49. The van der Waals surface area contributed by atoms with Crippen molar-refractivity contribution < 1.29 is 13.9 Å². The van der Waals surface area contributed by atoms with Gasteiger partial charge in [0.25, 0.3) is 0 Å². The Morgan fingerprint density at radius 1 is 1.21 bits per heavy atom. The maximum atomic E-state index is 14.3. The summed E-state index contributed by atoms with van der Waals surface area (Å²) in [5.74, 6) is 1.41. The first-order valence-electron chi connectivity index (χ1n) is 10.8. The number of rotatable bonds is 7. The summed E-state index contributed by atoms with van der Waals surface area (Å²) in [4.78, 5) is 14.3. The minimum absolute atomic E-state index is 0.157. The van der Waals surface area contributed by atoms with Crippen LogP contribution in [0.25, 0.3) is 20.7 Å². The van der Waals surface area contributed by atoms with E-state index in [1.54, 1.807) is 28.7 Å². The second-order valence-corrected chi connectivity index (χ2v) is 9.75. The van der Waals surface area contributed by atoms with Crippen LogP contribution >= 0.6 is 22.7 Å². The Morgan fingerprint density at radius 2 is 2.06 bits per heavy atom. The molecule has 6 nitrogen and oxygen atoms in total. The van der Waals surface area contributed by atoms with E-state index in [1.807, 2.05) is 19.1 Å². The van der Waals surface area contributed by atoms with E-state index in [9.17, 15) is 4.39 Å². The van der Waals surface area contributed by atoms with Crippen LogP contribution in [0.4, 0.5) is 10.2 Å². The fourth-order valence-electron chi connectivity index (χ4n) is 3.97. The van der Waals surface area contributed by atoms with Gasteiger partial charge in [0.1, 0.15) is 16.5 Å². The van der Waals surface area contributed by atoms with Gasteiger partial charge in [-0.3, -0.25) is 4.90 Å². The lowest BCUT2D eigenvalue weighted by molar-refractivity contribution is 0.0331. The second kappa shape index (κ2) is 9.72. The summed E-state index contributed by atoms with van der Waals surface area (Å²) in [5.41, 5.74) is 1.95. The molecule has 1 unspecified atom stereocenters. The molecule has 1 fully saturated rings. The second-order valence-electron chi connectivity index (χ2n) is 7.94. The van der Waals surface area contributed by atoms with Crippen LogP contribution in [0.2, 0.25) is 0 Å². The maximum absolute atomic E-state index is 14.3. The zero-order valence-electron chi connectivity index (χ0n) is 18.5. The number of aromatic nitrogens is 2. The monoisotopic (exact) mass is 484 g/mol. The summed E-state index contributed by atoms with van der Waals surface area (Å²) in [6.07, 6.45) is 0. The first kappa shape index (κ1) is 22.2. The molecule has 1 N–H and O–H groups in total. The van der Waals surface area contributed by atoms with E-state index in [4.69, 9.17) is 19.4 Å². The summed E-state index contributed by atoms with van der Waals surface area (Å²) >= 11 is 3.32. The number of nitrogens with zero attached hydrogens (tertiary/aromatic N) is 3. The van der Waals surface area contributed by atoms with Gasteiger partial charge in [0.2, 0.25) is 0 Å². The SMILES string of the molecule is COc1ccc(C(C)Nc2nc(CN3CCOCC3)nc3scc(-c4cccs4)c23)cc1F. The molecule has 4 heterocycles. The van der Waals surface area contributed by atoms with Crippen molar-refractivity contribution in [1.29, 1.82) is 0 Å². The largest absolute Gasteiger partial charge is 0.494 e. The van der Waals surface area contributed by atoms with Gasteiger partial charge in [0, 0.05) is 28.9 Å². The van der Waals surface area contributed by atoms with Crippen LogP contribution in [0.3, 0.4) is 0 Å². The van der Waals surface area contributed by atoms with Crippen molar-refractivity contribution in [3.8, 4) is 16.2 Å². The smallest absolute Gasteiger partial charge is 0.165 e. The normalized spacial score (nSPS) is 15.6. The molecule has 1 aliphatic rings. The number of nitrogens with one attached hydrogen (secondary N) is 1. The van der Waals surface area contributed by atoms with Gasteiger partial charge in [0.05, 0.1) is 38.3 Å². The molecule has 0 aliphatic carbocycles. The summed E-state index contributed by atoms with van der Waals surface area (Å²) < 4.78 is 24.9. The van der Waals surface area contributed by atoms with Crippen molar-refractivity contribution in [1.82, 2.24) is 14.9 Å². The molecule has 0 bridgehead atoms. The molecule has 9 heteroatoms. The van der Waals surface area contributed by atoms with Crippen molar-refractivity contribution in [2.45, 2.75) is 19.5 Å². The van der Waals surface area contributed by atoms with Gasteiger partial charge in [-0.2, -0.15) is 0 Å². The fraction of sp³-hybridized carbons (Fsp3) is 0.333. The molecule has 172 valence electrons. The third kappa shape index (κ3) is 4.72. The maximum Gasteiger partial charge on any atom is 0.165 e. The Labute approximate surface area is 200 Å². The van der Waals surface area contributed by atoms with E-state index in [0.29, 0.717) is 6.54 Å². The van der Waals surface area contributed by atoms with E-state index in [2.05, 4.69) is 27.0 Å². The molecular formula is C24H25FN4O2S2. The highest BCUT2D eigenvalue weighted by Crippen LogP contribution is 2.40. The number of hydrogen-bond donors (Lipinski definition) is 1. The highest BCUT2D eigenvalue weighted by atomic mass is 32.1. The number of morpholine rings is 1. The van der Waals surface area contributed by atoms with E-state index >= 15 is 0 Å². The van der Waals surface area contributed by atoms with Crippen molar-refractivity contribution in [3.63, 3.8) is 0 Å². The number of ether oxygens (including phenoxy) is 2. The van der Waals surface area contributed by atoms with Gasteiger partial charge in [0.15, 0.2) is 11.6 Å². The molecule has 33 heavy (non-hydrogen) atoms. The molecule has 5 rings (SSSR count). The number of anilines is 1. The van der Waals surface area contributed by atoms with Crippen LogP contribution < -0.4 is 10.1 Å². The van der Waals surface area contributed by atoms with E-state index in [-0.39, 0.29) is 17.6 Å². The summed E-state index contributed by atoms with van der Waals surface area (Å²) in [7, 11) is 1.47. The summed E-state index contributed by atoms with van der Waals surface area (Å²) in [5, 5.41) is 8.77. The van der Waals surface area contributed by atoms with E-state index in [1.165, 1.54) is 18.1 Å². The molecular weight excluding hydrogens is 459 g/mol. The lowest BCUT2D eigenvalue weighted by atomic mass is 10.1. The Balaban J connectivity index is 1.52. The Hall–Kier alpha value is -2.59. The van der Waals surface area contributed by atoms with Gasteiger partial charge in [-0.05, 0) is 36.1 Å². The predicted octanol–water partition coefficient (Wildman–Crippen LogP) is 5.57. The first-order chi connectivity index (χ1) is 16.1. The number of thiophene rings is 2. The topological polar surface area (TPSA) is 59.5 Å². The lowest BCUT2D eigenvalue weighted by Crippen LogP contribution is -2.36. The molecule has 0 amide bonds. The molecule has 1 atom stereocenters. The molecule has 0 spiro atoms. The highest BCUT2D eigenvalue weighted by Gasteiger charge is 2.20. The van der Waals surface area contributed by atoms with Gasteiger partial charge in [-0.25, -0.2) is 14.4 Å². The van der Waals surface area contributed by atoms with Gasteiger partial charge < -0.3 is 14.8 Å². The van der Waals surface area contributed by atoms with Crippen LogP contribution in [0, 0.1) is 5.82 Å². The number of methoxy groups -OCH3 is 1. The van der Waals surface area contributed by atoms with Crippen molar-refractivity contribution in [2.75, 3.05) is 38.7 Å². The summed E-state index contributed by atoms with van der Waals surface area (Å²) in [6.45, 7) is 5.89. The van der Waals surface area contributed by atoms with Gasteiger partial charge >= 0.3 is 0 Å². The standard InChI is InChI=1S/C24H25FN4O2S2/c1-15(16-5-6-19(30-2)18(25)12-16)26-23-22-17(20-4-3-11-32-20)14-33-24(22)28-21(27-23)13-29-7-9-31-10-8-29/h3-6,11-12,14-15H,7-10,13H2,1-2H3,(H,26,27,28). The van der Waals surface area contributed by atoms with Crippen LogP contribution in [0.15, 0.2) is 41.1 Å². The number of hydrogen-bond acceptors (Lipinski definition) is 8. The number of halogens is 1. The molecule has 1 aliphatic heterocycles. The predicted molar refractivity (Wildman–Crippen MR) is 132 cm³/mol. The van der Waals surface area contributed by atoms with Crippen molar-refractivity contribution in [3.05, 3.63) is 58.3 Å². The van der Waals surface area contributed by atoms with E-state index in [0.717, 1.165) is 59.3 Å². The van der Waals surface area contributed by atoms with Gasteiger partial charge in [-0.1, -0.05) is 12.1 Å². The minimum atomic E-state index is -0.376. The zero-order chi connectivity index (χ0) is 22.8. The Kier molecular flexibility index (Phi) is 6.55. The molecule has 4 aromatic rings. The third-order valence-corrected chi connectivity index (χ3v) is 7.54. The summed E-state index contributed by atoms with van der Waals surface area (Å²) in [6, 6.07) is 9.05. The Morgan fingerprint density at radius 3 is 2.79 bits per heavy atom. The molecule has 0 saturated carbocycles. The molecule has 1 aromatic carbocycles. The third-order valence-electron chi connectivity index (χ3n) is 5.76. The molecule has 1 saturated heterocycles. The number of benzene rings is 1. The fourth-order valence-corrected chi connectivity index (χ4v) is 5.75. The minimum Gasteiger partial charge on any atom is -0.494 e. The first-order valence-corrected chi connectivity index (χ1v) is 12.6. The lowest BCUT2D eigenvalue weighted by Gasteiger charge is -2.26. The highest BCUT2D eigenvalue weighted by molar-refractivity contribution is 7.18. The average molecular weight is 485 g/mol. The molecule has 3 aromatic heterocycles. The molecule has 0 radical (unpaired) electrons. The van der Waals surface area contributed by atoms with Crippen LogP contribution in [-0.2, 0) is 11.3 Å².